The number of allylic oxidation sites excluding steroid dienone is 2. The van der Waals surface area contributed by atoms with Gasteiger partial charge in [0.15, 0.2) is 0 Å². The number of hydrogen-bond acceptors (Lipinski definition) is 4. The Bertz CT molecular complexity index is 936. The molecule has 1 atom stereocenters. The Hall–Kier alpha value is -2.09. The fourth-order valence-corrected chi connectivity index (χ4v) is 4.13. The van der Waals surface area contributed by atoms with Gasteiger partial charge in [-0.3, -0.25) is 0 Å². The lowest BCUT2D eigenvalue weighted by atomic mass is 10.0. The van der Waals surface area contributed by atoms with Crippen molar-refractivity contribution in [1.82, 2.24) is 4.72 Å². The fraction of sp³-hybridized carbons (Fsp3) is 0.312. The van der Waals surface area contributed by atoms with Crippen molar-refractivity contribution in [3.63, 3.8) is 0 Å². The number of hydrogen-bond donors (Lipinski definition) is 1. The maximum atomic E-state index is 13.4. The molecule has 1 heterocycles. The van der Waals surface area contributed by atoms with Crippen LogP contribution in [0.15, 0.2) is 41.0 Å². The second-order valence-corrected chi connectivity index (χ2v) is 7.76. The summed E-state index contributed by atoms with van der Waals surface area (Å²) in [7, 11) is -4.29. The number of alkyl halides is 3. The van der Waals surface area contributed by atoms with Crippen LogP contribution in [0.1, 0.15) is 13.3 Å². The summed E-state index contributed by atoms with van der Waals surface area (Å²) in [6.07, 6.45) is -4.24. The molecular formula is C16H14ClF4N3O2S. The van der Waals surface area contributed by atoms with Crippen LogP contribution in [-0.4, -0.2) is 27.2 Å². The summed E-state index contributed by atoms with van der Waals surface area (Å²) >= 11 is 5.71. The van der Waals surface area contributed by atoms with E-state index in [0.717, 1.165) is 35.4 Å². The van der Waals surface area contributed by atoms with Crippen molar-refractivity contribution >= 4 is 27.3 Å². The van der Waals surface area contributed by atoms with Gasteiger partial charge in [-0.2, -0.15) is 18.4 Å². The largest absolute Gasteiger partial charge is 0.391 e. The SMILES string of the molecule is CCNS(=O)(=O)C1=CC(C#N)=CN(c2ccc(F)c(Cl)c2)C1CC(F)(F)F. The van der Waals surface area contributed by atoms with Gasteiger partial charge in [-0.25, -0.2) is 17.5 Å². The van der Waals surface area contributed by atoms with Crippen molar-refractivity contribution in [2.75, 3.05) is 11.4 Å². The molecule has 1 aromatic rings. The summed E-state index contributed by atoms with van der Waals surface area (Å²) in [4.78, 5) is 0.350. The second-order valence-electron chi connectivity index (χ2n) is 5.59. The summed E-state index contributed by atoms with van der Waals surface area (Å²) in [6.45, 7) is 1.42. The van der Waals surface area contributed by atoms with Crippen molar-refractivity contribution in [3.8, 4) is 6.07 Å². The highest BCUT2D eigenvalue weighted by Crippen LogP contribution is 2.37. The topological polar surface area (TPSA) is 73.2 Å². The number of nitrogens with zero attached hydrogens (tertiary/aromatic N) is 2. The number of sulfonamides is 1. The van der Waals surface area contributed by atoms with Gasteiger partial charge in [-0.05, 0) is 24.3 Å². The van der Waals surface area contributed by atoms with Crippen molar-refractivity contribution in [2.45, 2.75) is 25.6 Å². The molecule has 0 fully saturated rings. The Morgan fingerprint density at radius 1 is 1.37 bits per heavy atom. The molecule has 2 rings (SSSR count). The third kappa shape index (κ3) is 5.00. The number of benzene rings is 1. The Balaban J connectivity index is 2.65. The van der Waals surface area contributed by atoms with Crippen molar-refractivity contribution < 1.29 is 26.0 Å². The lowest BCUT2D eigenvalue weighted by Gasteiger charge is -2.35. The minimum absolute atomic E-state index is 0.0145. The first-order chi connectivity index (χ1) is 12.5. The predicted molar refractivity (Wildman–Crippen MR) is 92.7 cm³/mol. The van der Waals surface area contributed by atoms with Crippen molar-refractivity contribution in [1.29, 1.82) is 5.26 Å². The number of nitriles is 1. The summed E-state index contributed by atoms with van der Waals surface area (Å²) < 4.78 is 79.9. The van der Waals surface area contributed by atoms with Gasteiger partial charge in [-0.1, -0.05) is 18.5 Å². The lowest BCUT2D eigenvalue weighted by Crippen LogP contribution is -2.43. The molecule has 0 saturated carbocycles. The van der Waals surface area contributed by atoms with E-state index in [0.29, 0.717) is 0 Å². The minimum atomic E-state index is -4.70. The van der Waals surface area contributed by atoms with Crippen LogP contribution in [0.4, 0.5) is 23.2 Å². The first-order valence-electron chi connectivity index (χ1n) is 7.62. The minimum Gasteiger partial charge on any atom is -0.338 e. The van der Waals surface area contributed by atoms with E-state index < -0.39 is 39.4 Å². The molecule has 0 aliphatic carbocycles. The van der Waals surface area contributed by atoms with Crippen LogP contribution < -0.4 is 9.62 Å². The van der Waals surface area contributed by atoms with Crippen LogP contribution in [0.5, 0.6) is 0 Å². The zero-order valence-electron chi connectivity index (χ0n) is 13.9. The number of halogens is 5. The highest BCUT2D eigenvalue weighted by atomic mass is 35.5. The molecular weight excluding hydrogens is 410 g/mol. The third-order valence-corrected chi connectivity index (χ3v) is 5.61. The van der Waals surface area contributed by atoms with E-state index in [4.69, 9.17) is 11.6 Å². The second kappa shape index (κ2) is 7.88. The van der Waals surface area contributed by atoms with Gasteiger partial charge in [0.1, 0.15) is 11.9 Å². The Morgan fingerprint density at radius 2 is 2.04 bits per heavy atom. The van der Waals surface area contributed by atoms with Gasteiger partial charge in [0.05, 0.1) is 28.0 Å². The van der Waals surface area contributed by atoms with Crippen LogP contribution in [0.2, 0.25) is 5.02 Å². The maximum absolute atomic E-state index is 13.4. The van der Waals surface area contributed by atoms with Crippen LogP contribution in [0, 0.1) is 17.1 Å². The molecule has 1 aliphatic heterocycles. The molecule has 1 aliphatic rings. The van der Waals surface area contributed by atoms with Gasteiger partial charge in [-0.15, -0.1) is 0 Å². The Labute approximate surface area is 158 Å². The Morgan fingerprint density at radius 3 is 2.56 bits per heavy atom. The van der Waals surface area contributed by atoms with E-state index in [9.17, 15) is 31.2 Å². The molecule has 0 spiro atoms. The van der Waals surface area contributed by atoms with E-state index in [1.807, 2.05) is 0 Å². The van der Waals surface area contributed by atoms with Gasteiger partial charge in [0.25, 0.3) is 0 Å². The number of anilines is 1. The summed E-state index contributed by atoms with van der Waals surface area (Å²) in [5.74, 6) is -0.787. The summed E-state index contributed by atoms with van der Waals surface area (Å²) in [5.41, 5.74) is -0.161. The number of rotatable bonds is 5. The van der Waals surface area contributed by atoms with Crippen LogP contribution in [-0.2, 0) is 10.0 Å². The zero-order valence-corrected chi connectivity index (χ0v) is 15.5. The van der Waals surface area contributed by atoms with Crippen LogP contribution in [0.25, 0.3) is 0 Å². The van der Waals surface area contributed by atoms with E-state index in [1.165, 1.54) is 6.92 Å². The average molecular weight is 424 g/mol. The smallest absolute Gasteiger partial charge is 0.338 e. The Kier molecular flexibility index (Phi) is 6.19. The quantitative estimate of drug-likeness (QED) is 0.730. The van der Waals surface area contributed by atoms with Crippen LogP contribution >= 0.6 is 11.6 Å². The summed E-state index contributed by atoms with van der Waals surface area (Å²) in [5, 5.41) is 8.82. The van der Waals surface area contributed by atoms with Gasteiger partial charge in [0, 0.05) is 18.4 Å². The molecule has 1 unspecified atom stereocenters. The van der Waals surface area contributed by atoms with E-state index >= 15 is 0 Å². The summed E-state index contributed by atoms with van der Waals surface area (Å²) in [6, 6.07) is 3.19. The zero-order chi connectivity index (χ0) is 20.4. The van der Waals surface area contributed by atoms with Gasteiger partial charge >= 0.3 is 6.18 Å². The van der Waals surface area contributed by atoms with E-state index in [1.54, 1.807) is 6.07 Å². The maximum Gasteiger partial charge on any atom is 0.391 e. The van der Waals surface area contributed by atoms with Crippen molar-refractivity contribution in [2.24, 2.45) is 0 Å². The molecule has 0 aromatic heterocycles. The molecule has 11 heteroatoms. The molecule has 5 nitrogen and oxygen atoms in total. The molecule has 1 N–H and O–H groups in total. The third-order valence-electron chi connectivity index (χ3n) is 3.64. The predicted octanol–water partition coefficient (Wildman–Crippen LogP) is 3.85. The van der Waals surface area contributed by atoms with Crippen molar-refractivity contribution in [3.05, 3.63) is 51.8 Å². The highest BCUT2D eigenvalue weighted by Gasteiger charge is 2.42. The fourth-order valence-electron chi connectivity index (χ4n) is 2.57. The first kappa shape index (κ1) is 21.2. The van der Waals surface area contributed by atoms with E-state index in [-0.39, 0.29) is 22.8 Å². The lowest BCUT2D eigenvalue weighted by molar-refractivity contribution is -0.136. The number of nitrogens with one attached hydrogen (secondary N) is 1. The molecule has 27 heavy (non-hydrogen) atoms. The molecule has 0 saturated heterocycles. The average Bonchev–Trinajstić information content (AvgIpc) is 2.56. The first-order valence-corrected chi connectivity index (χ1v) is 9.48. The van der Waals surface area contributed by atoms with Gasteiger partial charge < -0.3 is 4.90 Å². The standard InChI is InChI=1S/C16H14ClF4N3O2S/c1-2-23-27(25,26)15-5-10(8-22)9-24(14(15)7-16(19,20)21)11-3-4-13(18)12(17)6-11/h3-6,9,14,23H,2,7H2,1H3. The molecule has 1 aromatic carbocycles. The highest BCUT2D eigenvalue weighted by molar-refractivity contribution is 7.93. The molecule has 0 radical (unpaired) electrons. The monoisotopic (exact) mass is 423 g/mol. The van der Waals surface area contributed by atoms with Gasteiger partial charge in [0.2, 0.25) is 10.0 Å². The normalized spacial score (nSPS) is 18.0. The molecule has 146 valence electrons. The van der Waals surface area contributed by atoms with Crippen LogP contribution in [0.3, 0.4) is 0 Å². The molecule has 0 amide bonds. The van der Waals surface area contributed by atoms with E-state index in [2.05, 4.69) is 4.72 Å². The molecule has 0 bridgehead atoms.